The number of sulfonamides is 1. The zero-order valence-corrected chi connectivity index (χ0v) is 15.8. The van der Waals surface area contributed by atoms with Gasteiger partial charge in [0, 0.05) is 24.5 Å². The van der Waals surface area contributed by atoms with Crippen molar-refractivity contribution in [3.8, 4) is 0 Å². The van der Waals surface area contributed by atoms with Crippen molar-refractivity contribution in [3.63, 3.8) is 0 Å². The molecule has 0 spiro atoms. The van der Waals surface area contributed by atoms with Crippen LogP contribution in [0.5, 0.6) is 0 Å². The fraction of sp³-hybridized carbons (Fsp3) is 0.600. The minimum atomic E-state index is -3.67. The van der Waals surface area contributed by atoms with Gasteiger partial charge in [0.05, 0.1) is 19.2 Å². The van der Waals surface area contributed by atoms with Crippen LogP contribution in [0, 0.1) is 0 Å². The molecule has 0 saturated carbocycles. The zero-order chi connectivity index (χ0) is 18.6. The van der Waals surface area contributed by atoms with Crippen LogP contribution in [0.15, 0.2) is 15.7 Å². The number of hydrogen-bond acceptors (Lipinski definition) is 7. The summed E-state index contributed by atoms with van der Waals surface area (Å²) in [6, 6.07) is 1.37. The van der Waals surface area contributed by atoms with Crippen molar-refractivity contribution in [1.82, 2.24) is 9.21 Å². The number of carboxylic acids is 1. The average Bonchev–Trinajstić information content (AvgIpc) is 2.91. The quantitative estimate of drug-likeness (QED) is 0.725. The van der Waals surface area contributed by atoms with E-state index in [1.807, 2.05) is 0 Å². The standard InChI is InChI=1S/C15H22N2O6S2/c1-16(9-13(18)19)12-4-3-6-17(7-5-12)25(21,22)14-8-11(10-24-14)15(20)23-2/h8,10,12H,3-7,9H2,1-2H3,(H,18,19). The minimum absolute atomic E-state index is 0.0327. The van der Waals surface area contributed by atoms with E-state index in [1.54, 1.807) is 11.9 Å². The molecule has 1 atom stereocenters. The number of aliphatic carboxylic acids is 1. The summed E-state index contributed by atoms with van der Waals surface area (Å²) in [4.78, 5) is 24.1. The largest absolute Gasteiger partial charge is 0.480 e. The maximum atomic E-state index is 12.8. The van der Waals surface area contributed by atoms with E-state index in [0.717, 1.165) is 17.8 Å². The molecular formula is C15H22N2O6S2. The van der Waals surface area contributed by atoms with E-state index >= 15 is 0 Å². The Labute approximate surface area is 151 Å². The number of methoxy groups -OCH3 is 1. The van der Waals surface area contributed by atoms with Gasteiger partial charge in [0.15, 0.2) is 0 Å². The second-order valence-electron chi connectivity index (χ2n) is 5.94. The van der Waals surface area contributed by atoms with Gasteiger partial charge in [-0.2, -0.15) is 4.31 Å². The normalized spacial score (nSPS) is 19.6. The molecule has 1 aliphatic heterocycles. The van der Waals surface area contributed by atoms with E-state index in [9.17, 15) is 18.0 Å². The summed E-state index contributed by atoms with van der Waals surface area (Å²) < 4.78 is 31.7. The molecule has 0 radical (unpaired) electrons. The summed E-state index contributed by atoms with van der Waals surface area (Å²) in [6.07, 6.45) is 1.97. The molecule has 1 unspecified atom stereocenters. The number of carboxylic acid groups (broad SMARTS) is 1. The van der Waals surface area contributed by atoms with Crippen LogP contribution in [0.1, 0.15) is 29.6 Å². The molecule has 8 nitrogen and oxygen atoms in total. The first-order valence-electron chi connectivity index (χ1n) is 7.84. The molecule has 0 bridgehead atoms. The molecule has 2 rings (SSSR count). The molecule has 1 fully saturated rings. The van der Waals surface area contributed by atoms with Crippen molar-refractivity contribution >= 4 is 33.3 Å². The molecule has 0 aromatic carbocycles. The molecule has 1 aromatic heterocycles. The molecule has 140 valence electrons. The van der Waals surface area contributed by atoms with Crippen LogP contribution < -0.4 is 0 Å². The predicted octanol–water partition coefficient (Wildman–Crippen LogP) is 1.09. The van der Waals surface area contributed by atoms with Crippen molar-refractivity contribution in [2.24, 2.45) is 0 Å². The zero-order valence-electron chi connectivity index (χ0n) is 14.2. The van der Waals surface area contributed by atoms with Crippen LogP contribution in [-0.2, 0) is 19.6 Å². The monoisotopic (exact) mass is 390 g/mol. The maximum Gasteiger partial charge on any atom is 0.338 e. The molecule has 0 aliphatic carbocycles. The van der Waals surface area contributed by atoms with Gasteiger partial charge < -0.3 is 9.84 Å². The van der Waals surface area contributed by atoms with Gasteiger partial charge in [-0.15, -0.1) is 11.3 Å². The van der Waals surface area contributed by atoms with Gasteiger partial charge in [-0.25, -0.2) is 13.2 Å². The lowest BCUT2D eigenvalue weighted by Gasteiger charge is -2.25. The van der Waals surface area contributed by atoms with Crippen LogP contribution in [0.25, 0.3) is 0 Å². The lowest BCUT2D eigenvalue weighted by atomic mass is 10.1. The van der Waals surface area contributed by atoms with E-state index in [0.29, 0.717) is 25.9 Å². The summed E-state index contributed by atoms with van der Waals surface area (Å²) in [5.41, 5.74) is 0.222. The maximum absolute atomic E-state index is 12.8. The molecule has 1 aliphatic rings. The third kappa shape index (κ3) is 4.78. The van der Waals surface area contributed by atoms with Gasteiger partial charge >= 0.3 is 11.9 Å². The SMILES string of the molecule is COC(=O)c1csc(S(=O)(=O)N2CCCC(N(C)CC(=O)O)CC2)c1. The lowest BCUT2D eigenvalue weighted by molar-refractivity contribution is -0.138. The number of rotatable bonds is 6. The highest BCUT2D eigenvalue weighted by molar-refractivity contribution is 7.91. The summed E-state index contributed by atoms with van der Waals surface area (Å²) in [7, 11) is -0.682. The predicted molar refractivity (Wildman–Crippen MR) is 92.3 cm³/mol. The highest BCUT2D eigenvalue weighted by Crippen LogP contribution is 2.27. The Morgan fingerprint density at radius 1 is 1.40 bits per heavy atom. The highest BCUT2D eigenvalue weighted by Gasteiger charge is 2.30. The number of thiophene rings is 1. The van der Waals surface area contributed by atoms with Gasteiger partial charge in [0.2, 0.25) is 0 Å². The van der Waals surface area contributed by atoms with Gasteiger partial charge in [0.25, 0.3) is 10.0 Å². The van der Waals surface area contributed by atoms with E-state index < -0.39 is 22.0 Å². The highest BCUT2D eigenvalue weighted by atomic mass is 32.2. The molecule has 1 N–H and O–H groups in total. The first kappa shape index (κ1) is 19.8. The van der Waals surface area contributed by atoms with Gasteiger partial charge in [0.1, 0.15) is 4.21 Å². The van der Waals surface area contributed by atoms with Crippen LogP contribution in [-0.4, -0.2) is 74.5 Å². The van der Waals surface area contributed by atoms with Gasteiger partial charge in [-0.1, -0.05) is 0 Å². The molecule has 10 heteroatoms. The van der Waals surface area contributed by atoms with Crippen LogP contribution in [0.4, 0.5) is 0 Å². The van der Waals surface area contributed by atoms with E-state index in [-0.39, 0.29) is 22.4 Å². The molecule has 2 heterocycles. The van der Waals surface area contributed by atoms with E-state index in [2.05, 4.69) is 4.74 Å². The average molecular weight is 390 g/mol. The second-order valence-corrected chi connectivity index (χ2v) is 9.02. The summed E-state index contributed by atoms with van der Waals surface area (Å²) in [5, 5.41) is 10.4. The Bertz CT molecular complexity index is 730. The van der Waals surface area contributed by atoms with Gasteiger partial charge in [-0.3, -0.25) is 9.69 Å². The number of likely N-dealkylation sites (N-methyl/N-ethyl adjacent to an activating group) is 1. The Balaban J connectivity index is 2.09. The molecular weight excluding hydrogens is 368 g/mol. The van der Waals surface area contributed by atoms with Gasteiger partial charge in [-0.05, 0) is 32.4 Å². The van der Waals surface area contributed by atoms with Crippen LogP contribution in [0.3, 0.4) is 0 Å². The molecule has 25 heavy (non-hydrogen) atoms. The van der Waals surface area contributed by atoms with Crippen molar-refractivity contribution in [1.29, 1.82) is 0 Å². The molecule has 1 aromatic rings. The van der Waals surface area contributed by atoms with E-state index in [4.69, 9.17) is 5.11 Å². The number of carbonyl (C=O) groups excluding carboxylic acids is 1. The number of hydrogen-bond donors (Lipinski definition) is 1. The van der Waals surface area contributed by atoms with Crippen LogP contribution in [0.2, 0.25) is 0 Å². The number of ether oxygens (including phenoxy) is 1. The van der Waals surface area contributed by atoms with Crippen molar-refractivity contribution in [3.05, 3.63) is 17.0 Å². The van der Waals surface area contributed by atoms with Crippen molar-refractivity contribution in [2.45, 2.75) is 29.5 Å². The summed E-state index contributed by atoms with van der Waals surface area (Å²) in [6.45, 7) is 0.637. The number of carbonyl (C=O) groups is 2. The van der Waals surface area contributed by atoms with Crippen molar-refractivity contribution < 1.29 is 27.9 Å². The van der Waals surface area contributed by atoms with E-state index in [1.165, 1.54) is 22.9 Å². The summed E-state index contributed by atoms with van der Waals surface area (Å²) in [5.74, 6) is -1.46. The fourth-order valence-corrected chi connectivity index (χ4v) is 5.67. The minimum Gasteiger partial charge on any atom is -0.480 e. The first-order chi connectivity index (χ1) is 11.8. The lowest BCUT2D eigenvalue weighted by Crippen LogP contribution is -2.37. The number of nitrogens with zero attached hydrogens (tertiary/aromatic N) is 2. The molecule has 0 amide bonds. The third-order valence-electron chi connectivity index (χ3n) is 4.26. The third-order valence-corrected chi connectivity index (χ3v) is 7.57. The number of esters is 1. The molecule has 1 saturated heterocycles. The first-order valence-corrected chi connectivity index (χ1v) is 10.2. The fourth-order valence-electron chi connectivity index (χ4n) is 2.88. The Morgan fingerprint density at radius 3 is 2.76 bits per heavy atom. The second kappa shape index (κ2) is 8.26. The Kier molecular flexibility index (Phi) is 6.55. The van der Waals surface area contributed by atoms with Crippen molar-refractivity contribution in [2.75, 3.05) is 33.8 Å². The topological polar surface area (TPSA) is 104 Å². The van der Waals surface area contributed by atoms with Crippen LogP contribution >= 0.6 is 11.3 Å². The smallest absolute Gasteiger partial charge is 0.338 e. The Hall–Kier alpha value is -1.49. The Morgan fingerprint density at radius 2 is 2.12 bits per heavy atom. The summed E-state index contributed by atoms with van der Waals surface area (Å²) >= 11 is 0.998.